The SMILES string of the molecule is CCO[Si](CCCNC(=O)OC1CO1)(OCC)OCC. The molecule has 0 aromatic carbocycles. The minimum atomic E-state index is -2.60. The largest absolute Gasteiger partial charge is 0.500 e. The normalized spacial score (nSPS) is 17.9. The molecule has 0 aromatic rings. The Morgan fingerprint density at radius 3 is 2.20 bits per heavy atom. The van der Waals surface area contributed by atoms with Gasteiger partial charge in [-0.2, -0.15) is 0 Å². The van der Waals surface area contributed by atoms with Crippen molar-refractivity contribution >= 4 is 14.9 Å². The molecule has 1 heterocycles. The lowest BCUT2D eigenvalue weighted by Crippen LogP contribution is -2.46. The van der Waals surface area contributed by atoms with Crippen molar-refractivity contribution in [3.63, 3.8) is 0 Å². The molecule has 1 aliphatic rings. The molecule has 1 fully saturated rings. The quantitative estimate of drug-likeness (QED) is 0.354. The van der Waals surface area contributed by atoms with Crippen LogP contribution in [0.1, 0.15) is 27.2 Å². The van der Waals surface area contributed by atoms with Gasteiger partial charge in [0.15, 0.2) is 0 Å². The fourth-order valence-electron chi connectivity index (χ4n) is 1.76. The molecule has 1 atom stereocenters. The van der Waals surface area contributed by atoms with Gasteiger partial charge in [0.05, 0.1) is 0 Å². The first-order valence-corrected chi connectivity index (χ1v) is 9.07. The van der Waals surface area contributed by atoms with E-state index in [1.54, 1.807) is 0 Å². The van der Waals surface area contributed by atoms with Gasteiger partial charge in [-0.25, -0.2) is 4.79 Å². The molecule has 8 heteroatoms. The highest BCUT2D eigenvalue weighted by molar-refractivity contribution is 6.60. The van der Waals surface area contributed by atoms with Crippen LogP contribution in [-0.4, -0.2) is 54.2 Å². The van der Waals surface area contributed by atoms with Crippen LogP contribution in [0.25, 0.3) is 0 Å². The minimum Gasteiger partial charge on any atom is -0.417 e. The number of carbonyl (C=O) groups excluding carboxylic acids is 1. The van der Waals surface area contributed by atoms with Crippen LogP contribution >= 0.6 is 0 Å². The van der Waals surface area contributed by atoms with Gasteiger partial charge in [0, 0.05) is 32.4 Å². The third-order valence-corrected chi connectivity index (χ3v) is 5.71. The number of carbonyl (C=O) groups is 1. The predicted octanol–water partition coefficient (Wildman–Crippen LogP) is 1.51. The molecule has 118 valence electrons. The highest BCUT2D eigenvalue weighted by atomic mass is 28.4. The summed E-state index contributed by atoms with van der Waals surface area (Å²) in [5.74, 6) is 0. The van der Waals surface area contributed by atoms with E-state index in [-0.39, 0.29) is 6.29 Å². The van der Waals surface area contributed by atoms with Gasteiger partial charge >= 0.3 is 14.9 Å². The van der Waals surface area contributed by atoms with E-state index in [4.69, 9.17) is 22.8 Å². The molecule has 1 aliphatic heterocycles. The van der Waals surface area contributed by atoms with Gasteiger partial charge in [-0.1, -0.05) is 0 Å². The minimum absolute atomic E-state index is 0.362. The van der Waals surface area contributed by atoms with E-state index in [0.29, 0.717) is 45.4 Å². The van der Waals surface area contributed by atoms with Crippen molar-refractivity contribution in [1.29, 1.82) is 0 Å². The number of hydrogen-bond donors (Lipinski definition) is 1. The number of hydrogen-bond acceptors (Lipinski definition) is 6. The number of nitrogens with one attached hydrogen (secondary N) is 1. The lowest BCUT2D eigenvalue weighted by atomic mass is 10.5. The third-order valence-electron chi connectivity index (χ3n) is 2.56. The van der Waals surface area contributed by atoms with E-state index in [0.717, 1.165) is 0 Å². The van der Waals surface area contributed by atoms with E-state index >= 15 is 0 Å². The molecule has 1 N–H and O–H groups in total. The van der Waals surface area contributed by atoms with Crippen LogP contribution in [0.2, 0.25) is 6.04 Å². The third kappa shape index (κ3) is 6.66. The summed E-state index contributed by atoms with van der Waals surface area (Å²) in [4.78, 5) is 11.3. The zero-order valence-electron chi connectivity index (χ0n) is 12.5. The number of alkyl carbamates (subject to hydrolysis) is 1. The maximum atomic E-state index is 11.3. The standard InChI is InChI=1S/C12H25NO6Si/c1-4-16-20(17-5-2,18-6-3)9-7-8-13-12(14)19-11-10-15-11/h11H,4-10H2,1-3H3,(H,13,14). The van der Waals surface area contributed by atoms with Crippen LogP contribution in [0.4, 0.5) is 4.79 Å². The van der Waals surface area contributed by atoms with Gasteiger partial charge in [0.25, 0.3) is 0 Å². The Labute approximate surface area is 121 Å². The molecule has 0 radical (unpaired) electrons. The molecule has 0 saturated carbocycles. The molecule has 1 amide bonds. The summed E-state index contributed by atoms with van der Waals surface area (Å²) < 4.78 is 26.8. The molecular weight excluding hydrogens is 282 g/mol. The van der Waals surface area contributed by atoms with E-state index < -0.39 is 14.9 Å². The molecule has 0 aromatic heterocycles. The van der Waals surface area contributed by atoms with E-state index in [1.165, 1.54) is 0 Å². The highest BCUT2D eigenvalue weighted by Crippen LogP contribution is 2.18. The van der Waals surface area contributed by atoms with Crippen LogP contribution in [-0.2, 0) is 22.8 Å². The lowest BCUT2D eigenvalue weighted by Gasteiger charge is -2.28. The number of amides is 1. The highest BCUT2D eigenvalue weighted by Gasteiger charge is 2.39. The smallest absolute Gasteiger partial charge is 0.417 e. The van der Waals surface area contributed by atoms with Gasteiger partial charge < -0.3 is 28.1 Å². The molecular formula is C12H25NO6Si. The topological polar surface area (TPSA) is 78.6 Å². The number of rotatable bonds is 11. The summed E-state index contributed by atoms with van der Waals surface area (Å²) in [7, 11) is -2.60. The van der Waals surface area contributed by atoms with Crippen molar-refractivity contribution in [2.45, 2.75) is 39.5 Å². The monoisotopic (exact) mass is 307 g/mol. The summed E-state index contributed by atoms with van der Waals surface area (Å²) in [5, 5.41) is 2.67. The maximum absolute atomic E-state index is 11.3. The second kappa shape index (κ2) is 9.30. The average Bonchev–Trinajstić information content (AvgIpc) is 3.20. The average molecular weight is 307 g/mol. The van der Waals surface area contributed by atoms with Gasteiger partial charge in [0.1, 0.15) is 6.61 Å². The van der Waals surface area contributed by atoms with E-state index in [2.05, 4.69) is 5.32 Å². The van der Waals surface area contributed by atoms with Crippen molar-refractivity contribution in [3.05, 3.63) is 0 Å². The lowest BCUT2D eigenvalue weighted by molar-refractivity contribution is 0.0701. The second-order valence-corrected chi connectivity index (χ2v) is 6.91. The molecule has 0 aliphatic carbocycles. The second-order valence-electron chi connectivity index (χ2n) is 4.18. The first kappa shape index (κ1) is 17.4. The van der Waals surface area contributed by atoms with Crippen LogP contribution < -0.4 is 5.32 Å². The molecule has 7 nitrogen and oxygen atoms in total. The maximum Gasteiger partial charge on any atom is 0.500 e. The Morgan fingerprint density at radius 2 is 1.75 bits per heavy atom. The zero-order chi connectivity index (χ0) is 14.8. The van der Waals surface area contributed by atoms with Crippen molar-refractivity contribution in [1.82, 2.24) is 5.32 Å². The Balaban J connectivity index is 2.26. The van der Waals surface area contributed by atoms with Crippen LogP contribution in [0, 0.1) is 0 Å². The van der Waals surface area contributed by atoms with Gasteiger partial charge in [0.2, 0.25) is 6.29 Å². The van der Waals surface area contributed by atoms with Crippen molar-refractivity contribution in [2.24, 2.45) is 0 Å². The Bertz CT molecular complexity index is 270. The summed E-state index contributed by atoms with van der Waals surface area (Å²) in [6.45, 7) is 8.42. The van der Waals surface area contributed by atoms with Crippen LogP contribution in [0.5, 0.6) is 0 Å². The molecule has 20 heavy (non-hydrogen) atoms. The van der Waals surface area contributed by atoms with Gasteiger partial charge in [-0.15, -0.1) is 0 Å². The van der Waals surface area contributed by atoms with Crippen molar-refractivity contribution in [2.75, 3.05) is 33.0 Å². The summed E-state index contributed by atoms with van der Waals surface area (Å²) in [6.07, 6.45) is -0.102. The van der Waals surface area contributed by atoms with Crippen molar-refractivity contribution < 1.29 is 27.5 Å². The predicted molar refractivity (Wildman–Crippen MR) is 74.3 cm³/mol. The van der Waals surface area contributed by atoms with Gasteiger partial charge in [-0.05, 0) is 27.2 Å². The fraction of sp³-hybridized carbons (Fsp3) is 0.917. The Kier molecular flexibility index (Phi) is 8.08. The van der Waals surface area contributed by atoms with Crippen molar-refractivity contribution in [3.8, 4) is 0 Å². The molecule has 0 spiro atoms. The van der Waals surface area contributed by atoms with E-state index in [1.807, 2.05) is 20.8 Å². The molecule has 1 unspecified atom stereocenters. The van der Waals surface area contributed by atoms with Crippen LogP contribution in [0.3, 0.4) is 0 Å². The zero-order valence-corrected chi connectivity index (χ0v) is 13.5. The molecule has 0 bridgehead atoms. The first-order valence-electron chi connectivity index (χ1n) is 7.13. The molecule has 1 saturated heterocycles. The molecule has 1 rings (SSSR count). The summed E-state index contributed by atoms with van der Waals surface area (Å²) >= 11 is 0. The van der Waals surface area contributed by atoms with Crippen LogP contribution in [0.15, 0.2) is 0 Å². The Morgan fingerprint density at radius 1 is 1.20 bits per heavy atom. The van der Waals surface area contributed by atoms with E-state index in [9.17, 15) is 4.79 Å². The number of epoxide rings is 1. The summed E-state index contributed by atoms with van der Waals surface area (Å²) in [5.41, 5.74) is 0. The fourth-order valence-corrected chi connectivity index (χ4v) is 4.38. The first-order chi connectivity index (χ1) is 9.65. The Hall–Kier alpha value is -0.673. The summed E-state index contributed by atoms with van der Waals surface area (Å²) in [6, 6.07) is 0.669. The number of ether oxygens (including phenoxy) is 2. The van der Waals surface area contributed by atoms with Gasteiger partial charge in [-0.3, -0.25) is 0 Å².